The van der Waals surface area contributed by atoms with E-state index in [1.54, 1.807) is 6.92 Å². The molecule has 0 aliphatic carbocycles. The minimum atomic E-state index is -3.60. The molecule has 3 aromatic rings. The molecule has 0 saturated heterocycles. The molecule has 8 heteroatoms. The van der Waals surface area contributed by atoms with Crippen LogP contribution in [0.4, 0.5) is 5.95 Å². The van der Waals surface area contributed by atoms with Crippen LogP contribution in [0.15, 0.2) is 53.4 Å². The molecule has 1 atom stereocenters. The third-order valence-electron chi connectivity index (χ3n) is 4.59. The Labute approximate surface area is 164 Å². The molecule has 0 aliphatic rings. The van der Waals surface area contributed by atoms with Crippen LogP contribution in [0, 0.1) is 0 Å². The Balaban J connectivity index is 1.81. The zero-order chi connectivity index (χ0) is 20.3. The summed E-state index contributed by atoms with van der Waals surface area (Å²) in [5.41, 5.74) is 2.10. The van der Waals surface area contributed by atoms with Crippen LogP contribution in [0.1, 0.15) is 37.6 Å². The molecule has 148 valence electrons. The Morgan fingerprint density at radius 2 is 1.79 bits per heavy atom. The molecule has 0 spiro atoms. The highest BCUT2D eigenvalue weighted by molar-refractivity contribution is 7.89. The van der Waals surface area contributed by atoms with Gasteiger partial charge in [0.1, 0.15) is 0 Å². The number of aromatic nitrogens is 2. The number of anilines is 1. The van der Waals surface area contributed by atoms with E-state index in [1.165, 1.54) is 24.3 Å². The number of para-hydroxylation sites is 2. The van der Waals surface area contributed by atoms with Gasteiger partial charge in [0.15, 0.2) is 0 Å². The second kappa shape index (κ2) is 8.12. The fourth-order valence-electron chi connectivity index (χ4n) is 2.87. The van der Waals surface area contributed by atoms with E-state index in [1.807, 2.05) is 42.7 Å². The minimum Gasteiger partial charge on any atom is -0.310 e. The highest BCUT2D eigenvalue weighted by atomic mass is 32.2. The summed E-state index contributed by atoms with van der Waals surface area (Å²) in [6, 6.07) is 13.4. The number of hydrogen-bond acceptors (Lipinski definition) is 4. The zero-order valence-corrected chi connectivity index (χ0v) is 17.0. The van der Waals surface area contributed by atoms with Crippen LogP contribution in [0.5, 0.6) is 0 Å². The Bertz CT molecular complexity index is 1090. The topological polar surface area (TPSA) is 93.1 Å². The minimum absolute atomic E-state index is 0.130. The molecule has 3 rings (SSSR count). The molecular formula is C20H24N4O3S. The van der Waals surface area contributed by atoms with Crippen molar-refractivity contribution in [2.75, 3.05) is 5.32 Å². The van der Waals surface area contributed by atoms with Crippen molar-refractivity contribution in [3.05, 3.63) is 54.1 Å². The summed E-state index contributed by atoms with van der Waals surface area (Å²) < 4.78 is 29.2. The van der Waals surface area contributed by atoms with Crippen molar-refractivity contribution < 1.29 is 13.2 Å². The van der Waals surface area contributed by atoms with Crippen LogP contribution in [0.25, 0.3) is 11.0 Å². The van der Waals surface area contributed by atoms with E-state index in [4.69, 9.17) is 0 Å². The molecule has 0 saturated carbocycles. The van der Waals surface area contributed by atoms with Crippen LogP contribution in [-0.2, 0) is 16.6 Å². The van der Waals surface area contributed by atoms with E-state index in [-0.39, 0.29) is 16.8 Å². The van der Waals surface area contributed by atoms with Gasteiger partial charge in [0.25, 0.3) is 5.91 Å². The molecule has 1 amide bonds. The van der Waals surface area contributed by atoms with Crippen LogP contribution >= 0.6 is 0 Å². The van der Waals surface area contributed by atoms with Crippen LogP contribution in [-0.4, -0.2) is 29.9 Å². The Kier molecular flexibility index (Phi) is 5.81. The average molecular weight is 401 g/mol. The number of fused-ring (bicyclic) bond motifs is 1. The molecule has 0 bridgehead atoms. The lowest BCUT2D eigenvalue weighted by Crippen LogP contribution is -2.32. The van der Waals surface area contributed by atoms with E-state index in [2.05, 4.69) is 15.0 Å². The maximum absolute atomic E-state index is 12.6. The average Bonchev–Trinajstić information content (AvgIpc) is 3.04. The first-order chi connectivity index (χ1) is 13.4. The zero-order valence-electron chi connectivity index (χ0n) is 16.1. The largest absolute Gasteiger partial charge is 0.310 e. The standard InChI is InChI=1S/C20H24N4O3S/c1-4-14(3)23-28(26,27)16-12-10-15(11-13-16)19(25)22-20-21-17-8-6-7-9-18(17)24(20)5-2/h6-14,23H,4-5H2,1-3H3,(H,21,22,25). The van der Waals surface area contributed by atoms with Gasteiger partial charge in [-0.1, -0.05) is 19.1 Å². The summed E-state index contributed by atoms with van der Waals surface area (Å²) in [7, 11) is -3.60. The molecule has 0 radical (unpaired) electrons. The quantitative estimate of drug-likeness (QED) is 0.636. The number of carbonyl (C=O) groups excluding carboxylic acids is 1. The van der Waals surface area contributed by atoms with Crippen LogP contribution < -0.4 is 10.0 Å². The summed E-state index contributed by atoms with van der Waals surface area (Å²) in [5, 5.41) is 2.81. The normalized spacial score (nSPS) is 12.8. The lowest BCUT2D eigenvalue weighted by atomic mass is 10.2. The Hall–Kier alpha value is -2.71. The number of imidazole rings is 1. The van der Waals surface area contributed by atoms with Crippen molar-refractivity contribution in [1.82, 2.24) is 14.3 Å². The van der Waals surface area contributed by atoms with E-state index >= 15 is 0 Å². The smallest absolute Gasteiger partial charge is 0.257 e. The number of nitrogens with zero attached hydrogens (tertiary/aromatic N) is 2. The molecule has 7 nitrogen and oxygen atoms in total. The lowest BCUT2D eigenvalue weighted by Gasteiger charge is -2.12. The summed E-state index contributed by atoms with van der Waals surface area (Å²) in [6.45, 7) is 6.35. The number of benzene rings is 2. The number of sulfonamides is 1. The Morgan fingerprint density at radius 3 is 2.43 bits per heavy atom. The van der Waals surface area contributed by atoms with Crippen LogP contribution in [0.3, 0.4) is 0 Å². The number of hydrogen-bond donors (Lipinski definition) is 2. The molecule has 2 aromatic carbocycles. The highest BCUT2D eigenvalue weighted by Gasteiger charge is 2.18. The molecule has 28 heavy (non-hydrogen) atoms. The lowest BCUT2D eigenvalue weighted by molar-refractivity contribution is 0.102. The van der Waals surface area contributed by atoms with Crippen LogP contribution in [0.2, 0.25) is 0 Å². The molecular weight excluding hydrogens is 376 g/mol. The molecule has 2 N–H and O–H groups in total. The third kappa shape index (κ3) is 4.07. The summed E-state index contributed by atoms with van der Waals surface area (Å²) in [5.74, 6) is 0.118. The SMILES string of the molecule is CCC(C)NS(=O)(=O)c1ccc(C(=O)Nc2nc3ccccc3n2CC)cc1. The van der Waals surface area contributed by atoms with Gasteiger partial charge in [-0.05, 0) is 56.7 Å². The van der Waals surface area contributed by atoms with Crippen molar-refractivity contribution in [2.24, 2.45) is 0 Å². The van der Waals surface area contributed by atoms with Crippen molar-refractivity contribution in [3.63, 3.8) is 0 Å². The van der Waals surface area contributed by atoms with Gasteiger partial charge in [0.2, 0.25) is 16.0 Å². The highest BCUT2D eigenvalue weighted by Crippen LogP contribution is 2.20. The van der Waals surface area contributed by atoms with E-state index in [0.717, 1.165) is 11.0 Å². The Morgan fingerprint density at radius 1 is 1.11 bits per heavy atom. The first-order valence-corrected chi connectivity index (χ1v) is 10.7. The van der Waals surface area contributed by atoms with Gasteiger partial charge in [-0.3, -0.25) is 10.1 Å². The van der Waals surface area contributed by atoms with Crippen molar-refractivity contribution >= 4 is 32.9 Å². The summed E-state index contributed by atoms with van der Waals surface area (Å²) in [4.78, 5) is 17.2. The number of nitrogens with one attached hydrogen (secondary N) is 2. The predicted molar refractivity (Wildman–Crippen MR) is 110 cm³/mol. The first-order valence-electron chi connectivity index (χ1n) is 9.24. The number of amides is 1. The first kappa shape index (κ1) is 20.0. The number of rotatable bonds is 7. The van der Waals surface area contributed by atoms with Gasteiger partial charge < -0.3 is 4.57 Å². The van der Waals surface area contributed by atoms with Gasteiger partial charge >= 0.3 is 0 Å². The molecule has 0 fully saturated rings. The van der Waals surface area contributed by atoms with Gasteiger partial charge in [0.05, 0.1) is 15.9 Å². The number of aryl methyl sites for hydroxylation is 1. The predicted octanol–water partition coefficient (Wildman–Crippen LogP) is 3.39. The molecule has 0 aliphatic heterocycles. The van der Waals surface area contributed by atoms with E-state index in [9.17, 15) is 13.2 Å². The second-order valence-electron chi connectivity index (χ2n) is 6.58. The van der Waals surface area contributed by atoms with Gasteiger partial charge in [-0.25, -0.2) is 18.1 Å². The van der Waals surface area contributed by atoms with Gasteiger partial charge in [-0.2, -0.15) is 0 Å². The van der Waals surface area contributed by atoms with Crippen molar-refractivity contribution in [1.29, 1.82) is 0 Å². The second-order valence-corrected chi connectivity index (χ2v) is 8.29. The fraction of sp³-hybridized carbons (Fsp3) is 0.300. The molecule has 1 unspecified atom stereocenters. The number of carbonyl (C=O) groups is 1. The van der Waals surface area contributed by atoms with Gasteiger partial charge in [-0.15, -0.1) is 0 Å². The monoisotopic (exact) mass is 400 g/mol. The summed E-state index contributed by atoms with van der Waals surface area (Å²) >= 11 is 0. The third-order valence-corrected chi connectivity index (χ3v) is 6.20. The van der Waals surface area contributed by atoms with Crippen molar-refractivity contribution in [2.45, 2.75) is 44.7 Å². The fourth-order valence-corrected chi connectivity index (χ4v) is 4.19. The summed E-state index contributed by atoms with van der Waals surface area (Å²) in [6.07, 6.45) is 0.693. The molecule has 1 heterocycles. The maximum Gasteiger partial charge on any atom is 0.257 e. The molecule has 1 aromatic heterocycles. The maximum atomic E-state index is 12.6. The van der Waals surface area contributed by atoms with E-state index in [0.29, 0.717) is 24.5 Å². The van der Waals surface area contributed by atoms with E-state index < -0.39 is 10.0 Å². The van der Waals surface area contributed by atoms with Crippen molar-refractivity contribution in [3.8, 4) is 0 Å². The van der Waals surface area contributed by atoms with Gasteiger partial charge in [0, 0.05) is 18.2 Å².